The number of carbonyl (C=O) groups is 1. The van der Waals surface area contributed by atoms with Gasteiger partial charge >= 0.3 is 6.03 Å². The number of hydrogen-bond donors (Lipinski definition) is 2. The SMILES string of the molecule is O=C(NCC1CCCC1)NCC1COCCO1. The average Bonchev–Trinajstić information content (AvgIpc) is 2.88. The molecule has 0 aromatic rings. The maximum atomic E-state index is 11.5. The summed E-state index contributed by atoms with van der Waals surface area (Å²) in [6, 6.07) is -0.0916. The first-order chi connectivity index (χ1) is 8.34. The number of urea groups is 1. The van der Waals surface area contributed by atoms with Gasteiger partial charge in [0, 0.05) is 13.1 Å². The van der Waals surface area contributed by atoms with Crippen molar-refractivity contribution < 1.29 is 14.3 Å². The lowest BCUT2D eigenvalue weighted by Gasteiger charge is -2.23. The van der Waals surface area contributed by atoms with Gasteiger partial charge in [-0.25, -0.2) is 4.79 Å². The van der Waals surface area contributed by atoms with E-state index >= 15 is 0 Å². The maximum Gasteiger partial charge on any atom is 0.314 e. The van der Waals surface area contributed by atoms with Crippen molar-refractivity contribution in [3.8, 4) is 0 Å². The highest BCUT2D eigenvalue weighted by atomic mass is 16.6. The smallest absolute Gasteiger partial charge is 0.314 e. The fourth-order valence-corrected chi connectivity index (χ4v) is 2.38. The molecule has 1 aliphatic heterocycles. The number of amides is 2. The largest absolute Gasteiger partial charge is 0.376 e. The van der Waals surface area contributed by atoms with Gasteiger partial charge in [-0.15, -0.1) is 0 Å². The van der Waals surface area contributed by atoms with Crippen LogP contribution in [0.25, 0.3) is 0 Å². The zero-order valence-corrected chi connectivity index (χ0v) is 10.2. The van der Waals surface area contributed by atoms with Crippen molar-refractivity contribution in [2.45, 2.75) is 31.8 Å². The molecule has 2 N–H and O–H groups in total. The van der Waals surface area contributed by atoms with E-state index in [1.807, 2.05) is 0 Å². The van der Waals surface area contributed by atoms with Crippen molar-refractivity contribution in [3.05, 3.63) is 0 Å². The Hall–Kier alpha value is -0.810. The molecule has 0 radical (unpaired) electrons. The van der Waals surface area contributed by atoms with E-state index in [9.17, 15) is 4.79 Å². The molecule has 98 valence electrons. The molecule has 0 aromatic heterocycles. The Balaban J connectivity index is 1.53. The second-order valence-corrected chi connectivity index (χ2v) is 4.81. The summed E-state index contributed by atoms with van der Waals surface area (Å²) in [5, 5.41) is 5.74. The highest BCUT2D eigenvalue weighted by Crippen LogP contribution is 2.23. The normalized spacial score (nSPS) is 25.8. The van der Waals surface area contributed by atoms with Crippen LogP contribution in [0.3, 0.4) is 0 Å². The first-order valence-electron chi connectivity index (χ1n) is 6.55. The van der Waals surface area contributed by atoms with E-state index in [0.29, 0.717) is 32.3 Å². The quantitative estimate of drug-likeness (QED) is 0.769. The molecule has 5 heteroatoms. The molecule has 2 rings (SSSR count). The Morgan fingerprint density at radius 3 is 2.59 bits per heavy atom. The summed E-state index contributed by atoms with van der Waals surface area (Å²) < 4.78 is 10.7. The molecule has 1 saturated carbocycles. The third-order valence-corrected chi connectivity index (χ3v) is 3.40. The lowest BCUT2D eigenvalue weighted by molar-refractivity contribution is -0.0853. The molecule has 5 nitrogen and oxygen atoms in total. The van der Waals surface area contributed by atoms with Crippen LogP contribution >= 0.6 is 0 Å². The topological polar surface area (TPSA) is 59.6 Å². The minimum Gasteiger partial charge on any atom is -0.376 e. The fraction of sp³-hybridized carbons (Fsp3) is 0.917. The van der Waals surface area contributed by atoms with Gasteiger partial charge in [-0.3, -0.25) is 0 Å². The van der Waals surface area contributed by atoms with Gasteiger partial charge in [0.25, 0.3) is 0 Å². The Morgan fingerprint density at radius 2 is 1.88 bits per heavy atom. The zero-order chi connectivity index (χ0) is 11.9. The second-order valence-electron chi connectivity index (χ2n) is 4.81. The van der Waals surface area contributed by atoms with Gasteiger partial charge in [0.1, 0.15) is 0 Å². The van der Waals surface area contributed by atoms with Crippen molar-refractivity contribution in [1.29, 1.82) is 0 Å². The van der Waals surface area contributed by atoms with Crippen molar-refractivity contribution in [2.75, 3.05) is 32.9 Å². The number of ether oxygens (including phenoxy) is 2. The highest BCUT2D eigenvalue weighted by Gasteiger charge is 2.17. The van der Waals surface area contributed by atoms with Gasteiger partial charge < -0.3 is 20.1 Å². The number of carbonyl (C=O) groups excluding carboxylic acids is 1. The molecule has 1 atom stereocenters. The van der Waals surface area contributed by atoms with Gasteiger partial charge in [-0.05, 0) is 18.8 Å². The molecular weight excluding hydrogens is 220 g/mol. The van der Waals surface area contributed by atoms with Gasteiger partial charge in [0.2, 0.25) is 0 Å². The van der Waals surface area contributed by atoms with Crippen LogP contribution in [0, 0.1) is 5.92 Å². The van der Waals surface area contributed by atoms with Gasteiger partial charge in [-0.1, -0.05) is 12.8 Å². The third-order valence-electron chi connectivity index (χ3n) is 3.40. The molecule has 1 saturated heterocycles. The minimum absolute atomic E-state index is 0.000908. The molecular formula is C12H22N2O3. The Labute approximate surface area is 102 Å². The molecule has 17 heavy (non-hydrogen) atoms. The minimum atomic E-state index is -0.0916. The van der Waals surface area contributed by atoms with E-state index in [0.717, 1.165) is 6.54 Å². The fourth-order valence-electron chi connectivity index (χ4n) is 2.38. The van der Waals surface area contributed by atoms with Crippen LogP contribution in [0.5, 0.6) is 0 Å². The highest BCUT2D eigenvalue weighted by molar-refractivity contribution is 5.73. The first kappa shape index (κ1) is 12.6. The van der Waals surface area contributed by atoms with Gasteiger partial charge in [0.15, 0.2) is 0 Å². The third kappa shape index (κ3) is 4.52. The number of nitrogens with one attached hydrogen (secondary N) is 2. The van der Waals surface area contributed by atoms with E-state index in [-0.39, 0.29) is 12.1 Å². The van der Waals surface area contributed by atoms with Crippen LogP contribution in [-0.4, -0.2) is 45.0 Å². The van der Waals surface area contributed by atoms with Crippen molar-refractivity contribution in [1.82, 2.24) is 10.6 Å². The van der Waals surface area contributed by atoms with Gasteiger partial charge in [0.05, 0.1) is 25.9 Å². The van der Waals surface area contributed by atoms with E-state index in [2.05, 4.69) is 10.6 Å². The summed E-state index contributed by atoms with van der Waals surface area (Å²) in [6.45, 7) is 3.17. The Morgan fingerprint density at radius 1 is 1.12 bits per heavy atom. The molecule has 1 heterocycles. The summed E-state index contributed by atoms with van der Waals surface area (Å²) in [7, 11) is 0. The number of rotatable bonds is 4. The van der Waals surface area contributed by atoms with Crippen LogP contribution in [0.15, 0.2) is 0 Å². The molecule has 0 bridgehead atoms. The molecule has 2 aliphatic rings. The van der Waals surface area contributed by atoms with E-state index in [1.165, 1.54) is 25.7 Å². The Kier molecular flexibility index (Phi) is 5.07. The van der Waals surface area contributed by atoms with Crippen LogP contribution in [0.2, 0.25) is 0 Å². The number of hydrogen-bond acceptors (Lipinski definition) is 3. The maximum absolute atomic E-state index is 11.5. The average molecular weight is 242 g/mol. The van der Waals surface area contributed by atoms with Crippen molar-refractivity contribution in [3.63, 3.8) is 0 Å². The van der Waals surface area contributed by atoms with Crippen LogP contribution in [-0.2, 0) is 9.47 Å². The van der Waals surface area contributed by atoms with E-state index in [4.69, 9.17) is 9.47 Å². The first-order valence-corrected chi connectivity index (χ1v) is 6.55. The Bertz CT molecular complexity index is 236. The second kappa shape index (κ2) is 6.81. The summed E-state index contributed by atoms with van der Waals surface area (Å²) in [5.74, 6) is 0.676. The molecule has 2 fully saturated rings. The van der Waals surface area contributed by atoms with E-state index < -0.39 is 0 Å². The lowest BCUT2D eigenvalue weighted by Crippen LogP contribution is -2.44. The summed E-state index contributed by atoms with van der Waals surface area (Å²) in [4.78, 5) is 11.5. The van der Waals surface area contributed by atoms with Crippen molar-refractivity contribution >= 4 is 6.03 Å². The summed E-state index contributed by atoms with van der Waals surface area (Å²) >= 11 is 0. The molecule has 1 unspecified atom stereocenters. The molecule has 1 aliphatic carbocycles. The van der Waals surface area contributed by atoms with Crippen LogP contribution < -0.4 is 10.6 Å². The van der Waals surface area contributed by atoms with Crippen LogP contribution in [0.4, 0.5) is 4.79 Å². The molecule has 0 aromatic carbocycles. The lowest BCUT2D eigenvalue weighted by atomic mass is 10.1. The van der Waals surface area contributed by atoms with E-state index in [1.54, 1.807) is 0 Å². The zero-order valence-electron chi connectivity index (χ0n) is 10.2. The monoisotopic (exact) mass is 242 g/mol. The van der Waals surface area contributed by atoms with Crippen LogP contribution in [0.1, 0.15) is 25.7 Å². The summed E-state index contributed by atoms with van der Waals surface area (Å²) in [5.41, 5.74) is 0. The molecule has 2 amide bonds. The predicted molar refractivity (Wildman–Crippen MR) is 63.9 cm³/mol. The van der Waals surface area contributed by atoms with Gasteiger partial charge in [-0.2, -0.15) is 0 Å². The molecule has 0 spiro atoms. The predicted octanol–water partition coefficient (Wildman–Crippen LogP) is 0.891. The standard InChI is InChI=1S/C12H22N2O3/c15-12(13-7-10-3-1-2-4-10)14-8-11-9-16-5-6-17-11/h10-11H,1-9H2,(H2,13,14,15). The summed E-state index contributed by atoms with van der Waals surface area (Å²) in [6.07, 6.45) is 5.11. The van der Waals surface area contributed by atoms with Crippen molar-refractivity contribution in [2.24, 2.45) is 5.92 Å².